The van der Waals surface area contributed by atoms with Crippen molar-refractivity contribution in [1.29, 1.82) is 0 Å². The fraction of sp³-hybridized carbons (Fsp3) is 0.417. The Morgan fingerprint density at radius 1 is 1.20 bits per heavy atom. The van der Waals surface area contributed by atoms with Crippen molar-refractivity contribution in [2.24, 2.45) is 0 Å². The number of anilines is 1. The number of hydrogen-bond donors (Lipinski definition) is 1. The summed E-state index contributed by atoms with van der Waals surface area (Å²) in [6.45, 7) is 5.92. The lowest BCUT2D eigenvalue weighted by atomic mass is 10.0. The van der Waals surface area contributed by atoms with Gasteiger partial charge in [0.1, 0.15) is 5.38 Å². The highest BCUT2D eigenvalue weighted by Gasteiger charge is 2.08. The molecule has 0 spiro atoms. The first-order valence-electron chi connectivity index (χ1n) is 5.05. The van der Waals surface area contributed by atoms with Gasteiger partial charge >= 0.3 is 0 Å². The number of halogens is 1. The van der Waals surface area contributed by atoms with E-state index in [1.165, 1.54) is 5.56 Å². The van der Waals surface area contributed by atoms with Crippen molar-refractivity contribution >= 4 is 23.2 Å². The summed E-state index contributed by atoms with van der Waals surface area (Å²) in [5.41, 5.74) is 2.05. The molecular weight excluding hydrogens is 210 g/mol. The maximum absolute atomic E-state index is 11.3. The molecule has 0 aliphatic heterocycles. The van der Waals surface area contributed by atoms with Gasteiger partial charge in [-0.2, -0.15) is 0 Å². The first kappa shape index (κ1) is 12.1. The van der Waals surface area contributed by atoms with E-state index in [1.807, 2.05) is 24.3 Å². The van der Waals surface area contributed by atoms with Crippen molar-refractivity contribution in [1.82, 2.24) is 0 Å². The molecule has 0 fully saturated rings. The quantitative estimate of drug-likeness (QED) is 0.786. The second-order valence-electron chi connectivity index (χ2n) is 3.88. The fourth-order valence-electron chi connectivity index (χ4n) is 1.19. The molecule has 0 aromatic heterocycles. The summed E-state index contributed by atoms with van der Waals surface area (Å²) in [6.07, 6.45) is 0. The van der Waals surface area contributed by atoms with Crippen LogP contribution in [0.3, 0.4) is 0 Å². The van der Waals surface area contributed by atoms with Crippen LogP contribution in [0.15, 0.2) is 24.3 Å². The van der Waals surface area contributed by atoms with Crippen molar-refractivity contribution in [3.63, 3.8) is 0 Å². The summed E-state index contributed by atoms with van der Waals surface area (Å²) in [5, 5.41) is 2.23. The molecule has 1 N–H and O–H groups in total. The standard InChI is InChI=1S/C12H16ClNO/c1-8(2)10-4-6-11(7-5-10)14-12(15)9(3)13/h4-9H,1-3H3,(H,14,15)/t9-/m0/s1. The van der Waals surface area contributed by atoms with Crippen LogP contribution in [0.5, 0.6) is 0 Å². The van der Waals surface area contributed by atoms with Crippen LogP contribution >= 0.6 is 11.6 Å². The van der Waals surface area contributed by atoms with Crippen LogP contribution in [0, 0.1) is 0 Å². The Hall–Kier alpha value is -1.02. The first-order chi connectivity index (χ1) is 7.00. The third-order valence-electron chi connectivity index (χ3n) is 2.21. The topological polar surface area (TPSA) is 29.1 Å². The molecule has 1 aromatic rings. The predicted octanol–water partition coefficient (Wildman–Crippen LogP) is 3.38. The van der Waals surface area contributed by atoms with Gasteiger partial charge in [-0.05, 0) is 30.5 Å². The molecule has 1 aromatic carbocycles. The Bertz CT molecular complexity index is 330. The summed E-state index contributed by atoms with van der Waals surface area (Å²) < 4.78 is 0. The van der Waals surface area contributed by atoms with E-state index in [-0.39, 0.29) is 5.91 Å². The van der Waals surface area contributed by atoms with Crippen molar-refractivity contribution in [2.75, 3.05) is 5.32 Å². The molecule has 15 heavy (non-hydrogen) atoms. The number of amides is 1. The van der Waals surface area contributed by atoms with Crippen LogP contribution in [0.2, 0.25) is 0 Å². The average molecular weight is 226 g/mol. The van der Waals surface area contributed by atoms with E-state index in [4.69, 9.17) is 11.6 Å². The first-order valence-corrected chi connectivity index (χ1v) is 5.49. The van der Waals surface area contributed by atoms with Crippen molar-refractivity contribution in [2.45, 2.75) is 32.1 Å². The molecule has 0 aliphatic carbocycles. The van der Waals surface area contributed by atoms with E-state index < -0.39 is 5.38 Å². The normalized spacial score (nSPS) is 12.6. The van der Waals surface area contributed by atoms with Gasteiger partial charge in [-0.3, -0.25) is 4.79 Å². The molecule has 2 nitrogen and oxygen atoms in total. The molecule has 1 atom stereocenters. The SMILES string of the molecule is CC(C)c1ccc(NC(=O)[C@H](C)Cl)cc1. The van der Waals surface area contributed by atoms with Gasteiger partial charge in [0.15, 0.2) is 0 Å². The lowest BCUT2D eigenvalue weighted by molar-refractivity contribution is -0.115. The summed E-state index contributed by atoms with van der Waals surface area (Å²) >= 11 is 5.65. The Balaban J connectivity index is 2.69. The van der Waals surface area contributed by atoms with Crippen LogP contribution in [0.1, 0.15) is 32.3 Å². The summed E-state index contributed by atoms with van der Waals surface area (Å²) in [6, 6.07) is 7.82. The third kappa shape index (κ3) is 3.56. The second-order valence-corrected chi connectivity index (χ2v) is 4.54. The zero-order chi connectivity index (χ0) is 11.4. The summed E-state index contributed by atoms with van der Waals surface area (Å²) in [4.78, 5) is 11.3. The number of rotatable bonds is 3. The molecule has 0 heterocycles. The lowest BCUT2D eigenvalue weighted by Crippen LogP contribution is -2.20. The number of carbonyl (C=O) groups is 1. The molecule has 82 valence electrons. The van der Waals surface area contributed by atoms with Crippen LogP contribution < -0.4 is 5.32 Å². The Morgan fingerprint density at radius 3 is 2.13 bits per heavy atom. The van der Waals surface area contributed by atoms with Crippen LogP contribution in [0.4, 0.5) is 5.69 Å². The van der Waals surface area contributed by atoms with Crippen LogP contribution in [0.25, 0.3) is 0 Å². The minimum atomic E-state index is -0.505. The highest BCUT2D eigenvalue weighted by Crippen LogP contribution is 2.17. The summed E-state index contributed by atoms with van der Waals surface area (Å²) in [7, 11) is 0. The average Bonchev–Trinajstić information content (AvgIpc) is 2.18. The molecule has 0 bridgehead atoms. The van der Waals surface area contributed by atoms with Crippen LogP contribution in [-0.2, 0) is 4.79 Å². The number of alkyl halides is 1. The summed E-state index contributed by atoms with van der Waals surface area (Å²) in [5.74, 6) is 0.329. The molecule has 0 saturated carbocycles. The van der Waals surface area contributed by atoms with Gasteiger partial charge in [0.05, 0.1) is 0 Å². The third-order valence-corrected chi connectivity index (χ3v) is 2.40. The van der Waals surface area contributed by atoms with Gasteiger partial charge in [0.25, 0.3) is 0 Å². The highest BCUT2D eigenvalue weighted by atomic mass is 35.5. The molecule has 1 rings (SSSR count). The monoisotopic (exact) mass is 225 g/mol. The van der Waals surface area contributed by atoms with Gasteiger partial charge in [-0.25, -0.2) is 0 Å². The van der Waals surface area contributed by atoms with Gasteiger partial charge in [0.2, 0.25) is 5.91 Å². The number of benzene rings is 1. The highest BCUT2D eigenvalue weighted by molar-refractivity contribution is 6.32. The predicted molar refractivity (Wildman–Crippen MR) is 64.5 cm³/mol. The lowest BCUT2D eigenvalue weighted by Gasteiger charge is -2.09. The Kier molecular flexibility index (Phi) is 4.15. The molecule has 0 saturated heterocycles. The van der Waals surface area contributed by atoms with E-state index in [2.05, 4.69) is 19.2 Å². The molecule has 3 heteroatoms. The van der Waals surface area contributed by atoms with E-state index >= 15 is 0 Å². The minimum Gasteiger partial charge on any atom is -0.325 e. The van der Waals surface area contributed by atoms with Crippen LogP contribution in [-0.4, -0.2) is 11.3 Å². The Morgan fingerprint density at radius 2 is 1.73 bits per heavy atom. The zero-order valence-electron chi connectivity index (χ0n) is 9.25. The zero-order valence-corrected chi connectivity index (χ0v) is 10.0. The maximum Gasteiger partial charge on any atom is 0.242 e. The smallest absolute Gasteiger partial charge is 0.242 e. The van der Waals surface area contributed by atoms with E-state index in [9.17, 15) is 4.79 Å². The molecular formula is C12H16ClNO. The van der Waals surface area contributed by atoms with Crippen molar-refractivity contribution < 1.29 is 4.79 Å². The van der Waals surface area contributed by atoms with E-state index in [0.717, 1.165) is 5.69 Å². The van der Waals surface area contributed by atoms with Gasteiger partial charge in [-0.1, -0.05) is 26.0 Å². The van der Waals surface area contributed by atoms with E-state index in [1.54, 1.807) is 6.92 Å². The number of hydrogen-bond acceptors (Lipinski definition) is 1. The van der Waals surface area contributed by atoms with Gasteiger partial charge < -0.3 is 5.32 Å². The van der Waals surface area contributed by atoms with Crippen molar-refractivity contribution in [3.05, 3.63) is 29.8 Å². The van der Waals surface area contributed by atoms with Gasteiger partial charge in [-0.15, -0.1) is 11.6 Å². The number of carbonyl (C=O) groups excluding carboxylic acids is 1. The maximum atomic E-state index is 11.3. The molecule has 0 radical (unpaired) electrons. The molecule has 1 amide bonds. The molecule has 0 unspecified atom stereocenters. The second kappa shape index (κ2) is 5.17. The number of nitrogens with one attached hydrogen (secondary N) is 1. The molecule has 0 aliphatic rings. The van der Waals surface area contributed by atoms with Gasteiger partial charge in [0, 0.05) is 5.69 Å². The Labute approximate surface area is 95.6 Å². The largest absolute Gasteiger partial charge is 0.325 e. The van der Waals surface area contributed by atoms with Crippen molar-refractivity contribution in [3.8, 4) is 0 Å². The fourth-order valence-corrected chi connectivity index (χ4v) is 1.25. The minimum absolute atomic E-state index is 0.172. The van der Waals surface area contributed by atoms with E-state index in [0.29, 0.717) is 5.92 Å².